The summed E-state index contributed by atoms with van der Waals surface area (Å²) in [7, 11) is 7.24. The zero-order chi connectivity index (χ0) is 82.4. The number of imide groups is 1. The molecule has 6 amide bonds. The number of hydrogen-bond donors (Lipinski definition) is 4. The number of aliphatic carboxylic acids is 1. The van der Waals surface area contributed by atoms with Gasteiger partial charge in [-0.15, -0.1) is 11.3 Å². The van der Waals surface area contributed by atoms with Crippen LogP contribution in [0, 0.1) is 30.6 Å². The number of carboxylic acids is 1. The first-order valence-electron chi connectivity index (χ1n) is 39.3. The summed E-state index contributed by atoms with van der Waals surface area (Å²) in [5.41, 5.74) is 2.38. The van der Waals surface area contributed by atoms with Crippen LogP contribution in [-0.4, -0.2) is 267 Å². The van der Waals surface area contributed by atoms with Crippen molar-refractivity contribution in [3.8, 4) is 0 Å². The van der Waals surface area contributed by atoms with Crippen LogP contribution in [0.1, 0.15) is 164 Å². The number of methoxy groups -OCH3 is 1. The van der Waals surface area contributed by atoms with E-state index in [0.717, 1.165) is 32.9 Å². The Balaban J connectivity index is 1.24. The standard InChI is InChI=1S/C82H127N7O22S/c1-14-60(5)68(80(98)87(10)71(58(2)3)54-72(111-62(7)90)79-86-70(57-112-79)78(97)84-66(51-61(6)81(99)100)52-63-24-22-59(4)23-25-63)53-73(92)82(8,9)89(11,12)55-64-26-28-65(29-27-64)83-77(96)69(85-74(93)21-18-32-88-75(94)30-31-76(88)95)20-17-15-16-19-67(91)56-110-50-49-109-48-47-108-46-45-107-44-43-106-42-41-105-40-39-104-38-37-103-36-35-102-34-33-101-13/h22-31,57-58,60-61,66,68-69,71-72H,14-21,32-56H2,1-13H3,(H3-,83,84,85,93,96,97,99,100)/p+1/t60-,61?,66+,68-,69-,71+,72+/m0/s1. The second-order valence-electron chi connectivity index (χ2n) is 29.7. The average Bonchev–Trinajstić information content (AvgIpc) is 1.02. The van der Waals surface area contributed by atoms with Crippen molar-refractivity contribution in [3.05, 3.63) is 93.5 Å². The number of anilines is 1. The summed E-state index contributed by atoms with van der Waals surface area (Å²) >= 11 is 1.14. The smallest absolute Gasteiger partial charge is 0.306 e. The molecule has 1 aliphatic heterocycles. The predicted molar refractivity (Wildman–Crippen MR) is 422 cm³/mol. The van der Waals surface area contributed by atoms with Gasteiger partial charge in [-0.2, -0.15) is 0 Å². The summed E-state index contributed by atoms with van der Waals surface area (Å²) < 4.78 is 60.5. The van der Waals surface area contributed by atoms with E-state index in [4.69, 9.17) is 52.1 Å². The third kappa shape index (κ3) is 37.3. The molecule has 0 spiro atoms. The van der Waals surface area contributed by atoms with Crippen molar-refractivity contribution in [3.63, 3.8) is 0 Å². The number of amides is 6. The highest BCUT2D eigenvalue weighted by atomic mass is 32.1. The van der Waals surface area contributed by atoms with Crippen molar-refractivity contribution in [1.82, 2.24) is 25.4 Å². The molecule has 30 heteroatoms. The van der Waals surface area contributed by atoms with Crippen molar-refractivity contribution < 1.29 is 110 Å². The second kappa shape index (κ2) is 53.7. The number of esters is 1. The molecular weight excluding hydrogens is 1470 g/mol. The van der Waals surface area contributed by atoms with E-state index in [1.54, 1.807) is 43.5 Å². The molecule has 0 radical (unpaired) electrons. The molecule has 29 nitrogen and oxygen atoms in total. The maximum atomic E-state index is 15.0. The Kier molecular flexibility index (Phi) is 46.5. The van der Waals surface area contributed by atoms with E-state index >= 15 is 0 Å². The van der Waals surface area contributed by atoms with Gasteiger partial charge in [-0.1, -0.05) is 95.8 Å². The molecule has 1 aliphatic rings. The van der Waals surface area contributed by atoms with Crippen LogP contribution < -0.4 is 16.0 Å². The number of carbonyl (C=O) groups is 10. The van der Waals surface area contributed by atoms with Crippen LogP contribution in [0.5, 0.6) is 0 Å². The molecule has 0 bridgehead atoms. The Labute approximate surface area is 666 Å². The van der Waals surface area contributed by atoms with E-state index in [2.05, 4.69) is 20.9 Å². The topological polar surface area (TPSA) is 348 Å². The van der Waals surface area contributed by atoms with Gasteiger partial charge in [0.15, 0.2) is 23.2 Å². The quantitative estimate of drug-likeness (QED) is 0.0178. The largest absolute Gasteiger partial charge is 0.481 e. The Hall–Kier alpha value is -7.33. The molecule has 4 N–H and O–H groups in total. The highest BCUT2D eigenvalue weighted by Gasteiger charge is 2.46. The fourth-order valence-corrected chi connectivity index (χ4v) is 13.1. The Morgan fingerprint density at radius 1 is 0.661 bits per heavy atom. The molecule has 112 heavy (non-hydrogen) atoms. The van der Waals surface area contributed by atoms with Gasteiger partial charge in [0.25, 0.3) is 17.7 Å². The number of unbranched alkanes of at least 4 members (excludes halogenated alkanes) is 2. The van der Waals surface area contributed by atoms with Gasteiger partial charge in [0, 0.05) is 100 Å². The lowest BCUT2D eigenvalue weighted by Gasteiger charge is -2.44. The molecule has 2 heterocycles. The molecular formula is C82H128N7O22S+. The molecule has 2 aromatic carbocycles. The van der Waals surface area contributed by atoms with Gasteiger partial charge in [-0.05, 0) is 82.4 Å². The van der Waals surface area contributed by atoms with Gasteiger partial charge in [-0.25, -0.2) is 4.98 Å². The number of rotatable bonds is 64. The summed E-state index contributed by atoms with van der Waals surface area (Å²) in [5.74, 6) is -6.10. The fraction of sp³-hybridized carbons (Fsp3) is 0.671. The van der Waals surface area contributed by atoms with Crippen LogP contribution in [0.25, 0.3) is 0 Å². The fourth-order valence-electron chi connectivity index (χ4n) is 12.2. The number of aromatic nitrogens is 1. The number of aryl methyl sites for hydroxylation is 1. The third-order valence-corrected chi connectivity index (χ3v) is 20.8. The van der Waals surface area contributed by atoms with Gasteiger partial charge < -0.3 is 82.5 Å². The number of carbonyl (C=O) groups excluding carboxylic acids is 9. The number of likely N-dealkylation sites (N-methyl/N-ethyl adjacent to an activating group) is 1. The first kappa shape index (κ1) is 97.0. The molecule has 4 rings (SSSR count). The highest BCUT2D eigenvalue weighted by molar-refractivity contribution is 7.09. The lowest BCUT2D eigenvalue weighted by atomic mass is 9.80. The van der Waals surface area contributed by atoms with Crippen molar-refractivity contribution >= 4 is 76.0 Å². The molecule has 0 fully saturated rings. The average molecular weight is 1600 g/mol. The van der Waals surface area contributed by atoms with Crippen LogP contribution in [-0.2, 0) is 108 Å². The normalized spacial score (nSPS) is 14.4. The lowest BCUT2D eigenvalue weighted by molar-refractivity contribution is -0.940. The molecule has 0 saturated carbocycles. The number of quaternary nitrogens is 1. The van der Waals surface area contributed by atoms with Crippen LogP contribution in [0.3, 0.4) is 0 Å². The van der Waals surface area contributed by atoms with Gasteiger partial charge in [-0.3, -0.25) is 52.8 Å². The number of Topliss-reactive ketones (excluding diaryl/α,β-unsaturated/α-hetero) is 2. The Morgan fingerprint density at radius 2 is 1.18 bits per heavy atom. The number of nitrogens with one attached hydrogen (secondary N) is 3. The Morgan fingerprint density at radius 3 is 1.68 bits per heavy atom. The molecule has 0 saturated heterocycles. The van der Waals surface area contributed by atoms with E-state index in [0.29, 0.717) is 155 Å². The minimum atomic E-state index is -1.01. The van der Waals surface area contributed by atoms with E-state index in [1.165, 1.54) is 19.1 Å². The summed E-state index contributed by atoms with van der Waals surface area (Å²) in [6.45, 7) is 24.7. The molecule has 7 atom stereocenters. The monoisotopic (exact) mass is 1590 g/mol. The molecule has 1 unspecified atom stereocenters. The molecule has 3 aromatic rings. The number of thiazole rings is 1. The maximum absolute atomic E-state index is 15.0. The van der Waals surface area contributed by atoms with Crippen molar-refractivity contribution in [2.75, 3.05) is 166 Å². The van der Waals surface area contributed by atoms with Gasteiger partial charge in [0.05, 0.1) is 139 Å². The van der Waals surface area contributed by atoms with Crippen molar-refractivity contribution in [2.45, 2.75) is 176 Å². The molecule has 0 aliphatic carbocycles. The van der Waals surface area contributed by atoms with Crippen LogP contribution >= 0.6 is 11.3 Å². The second-order valence-corrected chi connectivity index (χ2v) is 30.6. The number of benzene rings is 2. The van der Waals surface area contributed by atoms with Crippen LogP contribution in [0.4, 0.5) is 5.69 Å². The van der Waals surface area contributed by atoms with Gasteiger partial charge in [0.1, 0.15) is 29.9 Å². The third-order valence-electron chi connectivity index (χ3n) is 19.9. The Bertz CT molecular complexity index is 3330. The van der Waals surface area contributed by atoms with Gasteiger partial charge >= 0.3 is 11.9 Å². The zero-order valence-corrected chi connectivity index (χ0v) is 69.3. The van der Waals surface area contributed by atoms with Crippen molar-refractivity contribution in [2.24, 2.45) is 23.7 Å². The summed E-state index contributed by atoms with van der Waals surface area (Å²) in [6.07, 6.45) is 4.99. The first-order chi connectivity index (χ1) is 53.5. The number of carboxylic acid groups (broad SMARTS) is 1. The van der Waals surface area contributed by atoms with E-state index in [-0.39, 0.29) is 111 Å². The summed E-state index contributed by atoms with van der Waals surface area (Å²) in [6, 6.07) is 13.0. The van der Waals surface area contributed by atoms with Crippen molar-refractivity contribution in [1.29, 1.82) is 0 Å². The summed E-state index contributed by atoms with van der Waals surface area (Å²) in [5, 5.41) is 20.4. The first-order valence-corrected chi connectivity index (χ1v) is 40.1. The number of hydrogen-bond acceptors (Lipinski definition) is 23. The number of nitrogens with zero attached hydrogens (tertiary/aromatic N) is 4. The van der Waals surface area contributed by atoms with Crippen LogP contribution in [0.15, 0.2) is 66.1 Å². The molecule has 628 valence electrons. The summed E-state index contributed by atoms with van der Waals surface area (Å²) in [4.78, 5) is 140. The predicted octanol–water partition coefficient (Wildman–Crippen LogP) is 8.50. The number of ether oxygens (including phenoxy) is 11. The van der Waals surface area contributed by atoms with Crippen LogP contribution in [0.2, 0.25) is 0 Å². The number of ketones is 2. The minimum Gasteiger partial charge on any atom is -0.481 e. The lowest BCUT2D eigenvalue weighted by Crippen LogP contribution is -2.60. The zero-order valence-electron chi connectivity index (χ0n) is 68.5. The maximum Gasteiger partial charge on any atom is 0.306 e. The highest BCUT2D eigenvalue weighted by Crippen LogP contribution is 2.35. The van der Waals surface area contributed by atoms with E-state index in [1.807, 2.05) is 99.0 Å². The SMILES string of the molecule is CC[C@H](C)[C@H](CC(=O)C(C)(C)[N+](C)(C)Cc1ccc(NC(=O)[C@H](CCCCCC(=O)COCCOCCOCCOCCOCCOCCOCCOCCOCCOC)NC(=O)CCCN2C(=O)C=CC2=O)cc1)C(=O)N(C)[C@H](C[C@@H](OC(C)=O)c1nc(C(=O)N[C@@H](Cc2ccc(C)cc2)CC(C)C(=O)O)cs1)C(C)C. The molecule has 1 aromatic heterocycles. The van der Waals surface area contributed by atoms with E-state index in [9.17, 15) is 53.1 Å². The van der Waals surface area contributed by atoms with Gasteiger partial charge in [0.2, 0.25) is 17.7 Å². The minimum absolute atomic E-state index is 0.0411. The van der Waals surface area contributed by atoms with E-state index < -0.39 is 83.1 Å².